The summed E-state index contributed by atoms with van der Waals surface area (Å²) >= 11 is 4.15. The third-order valence-corrected chi connectivity index (χ3v) is 4.77. The number of hydrogen-bond donors (Lipinski definition) is 1. The summed E-state index contributed by atoms with van der Waals surface area (Å²) < 4.78 is 22.6. The van der Waals surface area contributed by atoms with Crippen molar-refractivity contribution in [3.8, 4) is 0 Å². The molecule has 1 aliphatic rings. The molecule has 0 saturated carbocycles. The number of unbranched alkanes of at least 4 members (excludes halogenated alkanes) is 1. The fraction of sp³-hybridized carbons (Fsp3) is 1.00. The highest BCUT2D eigenvalue weighted by Gasteiger charge is 2.27. The summed E-state index contributed by atoms with van der Waals surface area (Å²) in [5, 5.41) is 0. The molecule has 1 aliphatic heterocycles. The topological polar surface area (TPSA) is 37.4 Å². The Kier molecular flexibility index (Phi) is 4.73. The van der Waals surface area contributed by atoms with Gasteiger partial charge in [0.25, 0.3) is 0 Å². The SMILES string of the molecule is CC1CS(=O)(=O)CCN1CCCCS. The van der Waals surface area contributed by atoms with Crippen LogP contribution in [0.1, 0.15) is 19.8 Å². The van der Waals surface area contributed by atoms with Crippen molar-refractivity contribution in [2.75, 3.05) is 30.3 Å². The van der Waals surface area contributed by atoms with Crippen molar-refractivity contribution in [1.29, 1.82) is 0 Å². The Morgan fingerprint density at radius 3 is 2.71 bits per heavy atom. The zero-order valence-electron chi connectivity index (χ0n) is 8.65. The zero-order valence-corrected chi connectivity index (χ0v) is 10.4. The molecule has 1 heterocycles. The average molecular weight is 237 g/mol. The van der Waals surface area contributed by atoms with Crippen molar-refractivity contribution in [2.24, 2.45) is 0 Å². The molecule has 0 radical (unpaired) electrons. The predicted molar refractivity (Wildman–Crippen MR) is 62.8 cm³/mol. The van der Waals surface area contributed by atoms with E-state index < -0.39 is 9.84 Å². The summed E-state index contributed by atoms with van der Waals surface area (Å²) in [6, 6.07) is 0.189. The van der Waals surface area contributed by atoms with E-state index >= 15 is 0 Å². The van der Waals surface area contributed by atoms with Gasteiger partial charge in [0.2, 0.25) is 0 Å². The molecule has 1 unspecified atom stereocenters. The minimum absolute atomic E-state index is 0.189. The zero-order chi connectivity index (χ0) is 10.6. The highest BCUT2D eigenvalue weighted by molar-refractivity contribution is 7.91. The van der Waals surface area contributed by atoms with Gasteiger partial charge in [-0.2, -0.15) is 12.6 Å². The second-order valence-corrected chi connectivity index (χ2v) is 6.61. The minimum atomic E-state index is -2.75. The summed E-state index contributed by atoms with van der Waals surface area (Å²) in [7, 11) is -2.75. The van der Waals surface area contributed by atoms with Crippen LogP contribution in [0.15, 0.2) is 0 Å². The Bertz CT molecular complexity index is 264. The maximum atomic E-state index is 11.3. The van der Waals surface area contributed by atoms with Gasteiger partial charge in [-0.1, -0.05) is 0 Å². The van der Waals surface area contributed by atoms with E-state index in [9.17, 15) is 8.42 Å². The molecule has 0 aliphatic carbocycles. The van der Waals surface area contributed by atoms with E-state index in [1.54, 1.807) is 0 Å². The molecular formula is C9H19NO2S2. The monoisotopic (exact) mass is 237 g/mol. The molecule has 0 spiro atoms. The summed E-state index contributed by atoms with van der Waals surface area (Å²) in [6.07, 6.45) is 2.23. The predicted octanol–water partition coefficient (Wildman–Crippen LogP) is 0.815. The van der Waals surface area contributed by atoms with Crippen LogP contribution in [0.4, 0.5) is 0 Å². The number of hydrogen-bond acceptors (Lipinski definition) is 4. The molecule has 0 aromatic heterocycles. The first kappa shape index (κ1) is 12.3. The van der Waals surface area contributed by atoms with Crippen LogP contribution in [-0.2, 0) is 9.84 Å². The van der Waals surface area contributed by atoms with Crippen molar-refractivity contribution in [2.45, 2.75) is 25.8 Å². The Hall–Kier alpha value is 0.260. The lowest BCUT2D eigenvalue weighted by molar-refractivity contribution is 0.224. The largest absolute Gasteiger partial charge is 0.299 e. The Morgan fingerprint density at radius 2 is 2.14 bits per heavy atom. The van der Waals surface area contributed by atoms with E-state index in [1.807, 2.05) is 6.92 Å². The van der Waals surface area contributed by atoms with Crippen LogP contribution in [-0.4, -0.2) is 49.7 Å². The van der Waals surface area contributed by atoms with Gasteiger partial charge in [-0.3, -0.25) is 4.90 Å². The van der Waals surface area contributed by atoms with E-state index in [1.165, 1.54) is 0 Å². The molecule has 0 N–H and O–H groups in total. The lowest BCUT2D eigenvalue weighted by Crippen LogP contribution is -2.47. The fourth-order valence-corrected chi connectivity index (χ4v) is 3.64. The molecule has 0 aromatic carbocycles. The second-order valence-electron chi connectivity index (χ2n) is 3.93. The molecule has 1 saturated heterocycles. The van der Waals surface area contributed by atoms with Crippen LogP contribution in [0.5, 0.6) is 0 Å². The van der Waals surface area contributed by atoms with Crippen LogP contribution in [0.3, 0.4) is 0 Å². The lowest BCUT2D eigenvalue weighted by Gasteiger charge is -2.32. The summed E-state index contributed by atoms with van der Waals surface area (Å²) in [5.41, 5.74) is 0. The molecule has 14 heavy (non-hydrogen) atoms. The molecule has 0 amide bonds. The molecule has 0 bridgehead atoms. The molecule has 3 nitrogen and oxygen atoms in total. The quantitative estimate of drug-likeness (QED) is 0.581. The molecule has 1 rings (SSSR count). The molecule has 0 aromatic rings. The summed E-state index contributed by atoms with van der Waals surface area (Å²) in [6.45, 7) is 3.71. The Balaban J connectivity index is 2.35. The standard InChI is InChI=1S/C9H19NO2S2/c1-9-8-14(11,12)7-5-10(9)4-2-3-6-13/h9,13H,2-8H2,1H3. The highest BCUT2D eigenvalue weighted by atomic mass is 32.2. The van der Waals surface area contributed by atoms with Gasteiger partial charge in [0.1, 0.15) is 0 Å². The van der Waals surface area contributed by atoms with Gasteiger partial charge in [-0.25, -0.2) is 8.42 Å². The Morgan fingerprint density at radius 1 is 1.43 bits per heavy atom. The first-order valence-electron chi connectivity index (χ1n) is 5.10. The lowest BCUT2D eigenvalue weighted by atomic mass is 10.2. The van der Waals surface area contributed by atoms with Crippen molar-refractivity contribution in [1.82, 2.24) is 4.90 Å². The third-order valence-electron chi connectivity index (χ3n) is 2.66. The van der Waals surface area contributed by atoms with Crippen molar-refractivity contribution >= 4 is 22.5 Å². The molecule has 84 valence electrons. The highest BCUT2D eigenvalue weighted by Crippen LogP contribution is 2.12. The fourth-order valence-electron chi connectivity index (χ4n) is 1.79. The van der Waals surface area contributed by atoms with Gasteiger partial charge in [-0.05, 0) is 32.1 Å². The van der Waals surface area contributed by atoms with Crippen LogP contribution in [0.2, 0.25) is 0 Å². The van der Waals surface area contributed by atoms with Gasteiger partial charge in [-0.15, -0.1) is 0 Å². The van der Waals surface area contributed by atoms with Crippen molar-refractivity contribution in [3.05, 3.63) is 0 Å². The summed E-state index contributed by atoms with van der Waals surface area (Å²) in [4.78, 5) is 2.27. The van der Waals surface area contributed by atoms with E-state index in [2.05, 4.69) is 17.5 Å². The second kappa shape index (κ2) is 5.37. The van der Waals surface area contributed by atoms with Gasteiger partial charge in [0.15, 0.2) is 9.84 Å². The normalized spacial score (nSPS) is 27.7. The van der Waals surface area contributed by atoms with Crippen molar-refractivity contribution in [3.63, 3.8) is 0 Å². The maximum absolute atomic E-state index is 11.3. The van der Waals surface area contributed by atoms with Gasteiger partial charge in [0.05, 0.1) is 11.5 Å². The van der Waals surface area contributed by atoms with Crippen LogP contribution in [0, 0.1) is 0 Å². The smallest absolute Gasteiger partial charge is 0.153 e. The van der Waals surface area contributed by atoms with E-state index in [0.29, 0.717) is 18.1 Å². The number of thiol groups is 1. The van der Waals surface area contributed by atoms with Gasteiger partial charge >= 0.3 is 0 Å². The van der Waals surface area contributed by atoms with Crippen LogP contribution in [0.25, 0.3) is 0 Å². The Labute approximate surface area is 92.2 Å². The van der Waals surface area contributed by atoms with Gasteiger partial charge in [0, 0.05) is 12.6 Å². The first-order chi connectivity index (χ1) is 6.55. The van der Waals surface area contributed by atoms with Crippen LogP contribution >= 0.6 is 12.6 Å². The van der Waals surface area contributed by atoms with Gasteiger partial charge < -0.3 is 0 Å². The number of sulfone groups is 1. The molecular weight excluding hydrogens is 218 g/mol. The maximum Gasteiger partial charge on any atom is 0.153 e. The molecule has 1 fully saturated rings. The molecule has 1 atom stereocenters. The van der Waals surface area contributed by atoms with E-state index in [0.717, 1.165) is 25.1 Å². The first-order valence-corrected chi connectivity index (χ1v) is 7.56. The third kappa shape index (κ3) is 3.79. The van der Waals surface area contributed by atoms with Crippen LogP contribution < -0.4 is 0 Å². The van der Waals surface area contributed by atoms with E-state index in [4.69, 9.17) is 0 Å². The summed E-state index contributed by atoms with van der Waals surface area (Å²) in [5.74, 6) is 1.58. The van der Waals surface area contributed by atoms with Crippen molar-refractivity contribution < 1.29 is 8.42 Å². The number of nitrogens with zero attached hydrogens (tertiary/aromatic N) is 1. The molecule has 5 heteroatoms. The van der Waals surface area contributed by atoms with E-state index in [-0.39, 0.29) is 6.04 Å². The average Bonchev–Trinajstić information content (AvgIpc) is 2.08. The number of rotatable bonds is 4. The minimum Gasteiger partial charge on any atom is -0.299 e.